The first-order valence-corrected chi connectivity index (χ1v) is 7.50. The monoisotopic (exact) mass is 290 g/mol. The fourth-order valence-electron chi connectivity index (χ4n) is 3.14. The average molecular weight is 290 g/mol. The molecule has 0 radical (unpaired) electrons. The van der Waals surface area contributed by atoms with Gasteiger partial charge in [-0.25, -0.2) is 0 Å². The van der Waals surface area contributed by atoms with Crippen LogP contribution < -0.4 is 0 Å². The van der Waals surface area contributed by atoms with Crippen LogP contribution in [0, 0.1) is 20.8 Å². The standard InChI is InChI=1S/C18H18N4/c1-12-6-4-5-7-15(12)11-21-13(2)10-17-16(21)8-9-18-20-19-14(3)22(17)18/h4-10H,11H2,1-3H3. The van der Waals surface area contributed by atoms with Crippen molar-refractivity contribution >= 4 is 16.7 Å². The van der Waals surface area contributed by atoms with E-state index in [4.69, 9.17) is 0 Å². The van der Waals surface area contributed by atoms with Gasteiger partial charge in [0.1, 0.15) is 5.82 Å². The summed E-state index contributed by atoms with van der Waals surface area (Å²) in [5.74, 6) is 0.925. The number of aryl methyl sites for hydroxylation is 3. The van der Waals surface area contributed by atoms with Crippen LogP contribution in [0.2, 0.25) is 0 Å². The normalized spacial score (nSPS) is 11.6. The van der Waals surface area contributed by atoms with E-state index < -0.39 is 0 Å². The van der Waals surface area contributed by atoms with Gasteiger partial charge in [0.05, 0.1) is 11.0 Å². The number of aromatic nitrogens is 4. The van der Waals surface area contributed by atoms with E-state index in [9.17, 15) is 0 Å². The molecule has 4 rings (SSSR count). The van der Waals surface area contributed by atoms with Crippen LogP contribution in [-0.4, -0.2) is 19.2 Å². The summed E-state index contributed by atoms with van der Waals surface area (Å²) in [6, 6.07) is 15.0. The summed E-state index contributed by atoms with van der Waals surface area (Å²) in [4.78, 5) is 0. The molecule has 0 aliphatic carbocycles. The predicted octanol–water partition coefficient (Wildman–Crippen LogP) is 3.66. The van der Waals surface area contributed by atoms with Crippen molar-refractivity contribution in [2.24, 2.45) is 0 Å². The summed E-state index contributed by atoms with van der Waals surface area (Å²) < 4.78 is 4.48. The number of fused-ring (bicyclic) bond motifs is 3. The molecule has 4 aromatic rings. The van der Waals surface area contributed by atoms with Gasteiger partial charge in [-0.1, -0.05) is 24.3 Å². The van der Waals surface area contributed by atoms with E-state index in [0.29, 0.717) is 0 Å². The molecule has 4 heteroatoms. The first kappa shape index (κ1) is 13.1. The van der Waals surface area contributed by atoms with E-state index in [0.717, 1.165) is 18.0 Å². The topological polar surface area (TPSA) is 35.1 Å². The van der Waals surface area contributed by atoms with E-state index in [1.807, 2.05) is 13.0 Å². The largest absolute Gasteiger partial charge is 0.339 e. The molecule has 0 atom stereocenters. The third-order valence-corrected chi connectivity index (χ3v) is 4.40. The summed E-state index contributed by atoms with van der Waals surface area (Å²) in [6.07, 6.45) is 0. The minimum absolute atomic E-state index is 0.884. The maximum absolute atomic E-state index is 4.21. The van der Waals surface area contributed by atoms with Crippen molar-refractivity contribution in [1.29, 1.82) is 0 Å². The summed E-state index contributed by atoms with van der Waals surface area (Å²) in [7, 11) is 0. The predicted molar refractivity (Wildman–Crippen MR) is 88.2 cm³/mol. The second-order valence-electron chi connectivity index (χ2n) is 5.84. The van der Waals surface area contributed by atoms with Gasteiger partial charge in [-0.15, -0.1) is 10.2 Å². The Hall–Kier alpha value is -2.62. The molecule has 0 bridgehead atoms. The minimum Gasteiger partial charge on any atom is -0.339 e. The Kier molecular flexibility index (Phi) is 2.79. The van der Waals surface area contributed by atoms with Gasteiger partial charge in [-0.3, -0.25) is 4.40 Å². The van der Waals surface area contributed by atoms with Crippen molar-refractivity contribution < 1.29 is 0 Å². The zero-order chi connectivity index (χ0) is 15.3. The molecule has 3 aromatic heterocycles. The van der Waals surface area contributed by atoms with E-state index >= 15 is 0 Å². The molecule has 3 heterocycles. The molecule has 1 aromatic carbocycles. The van der Waals surface area contributed by atoms with Gasteiger partial charge in [-0.2, -0.15) is 0 Å². The first-order chi connectivity index (χ1) is 10.6. The van der Waals surface area contributed by atoms with Crippen LogP contribution in [0.15, 0.2) is 42.5 Å². The number of benzene rings is 1. The highest BCUT2D eigenvalue weighted by atomic mass is 15.2. The highest BCUT2D eigenvalue weighted by Crippen LogP contribution is 2.23. The molecule has 110 valence electrons. The van der Waals surface area contributed by atoms with Crippen LogP contribution in [0.4, 0.5) is 0 Å². The molecule has 0 saturated heterocycles. The van der Waals surface area contributed by atoms with E-state index in [1.54, 1.807) is 0 Å². The fourth-order valence-corrected chi connectivity index (χ4v) is 3.14. The maximum atomic E-state index is 4.21. The van der Waals surface area contributed by atoms with Crippen LogP contribution in [0.3, 0.4) is 0 Å². The molecule has 0 spiro atoms. The van der Waals surface area contributed by atoms with Gasteiger partial charge < -0.3 is 4.57 Å². The summed E-state index contributed by atoms with van der Waals surface area (Å²) in [6.45, 7) is 7.20. The molecule has 0 N–H and O–H groups in total. The van der Waals surface area contributed by atoms with Crippen molar-refractivity contribution in [3.63, 3.8) is 0 Å². The van der Waals surface area contributed by atoms with Gasteiger partial charge >= 0.3 is 0 Å². The highest BCUT2D eigenvalue weighted by molar-refractivity contribution is 5.81. The van der Waals surface area contributed by atoms with Gasteiger partial charge in [0.15, 0.2) is 5.65 Å². The molecular weight excluding hydrogens is 272 g/mol. The van der Waals surface area contributed by atoms with Crippen LogP contribution in [0.1, 0.15) is 22.6 Å². The van der Waals surface area contributed by atoms with Crippen molar-refractivity contribution in [3.05, 3.63) is 65.1 Å². The van der Waals surface area contributed by atoms with Crippen LogP contribution in [0.25, 0.3) is 16.7 Å². The van der Waals surface area contributed by atoms with Crippen LogP contribution in [0.5, 0.6) is 0 Å². The summed E-state index contributed by atoms with van der Waals surface area (Å²) in [5.41, 5.74) is 7.22. The Bertz CT molecular complexity index is 991. The zero-order valence-corrected chi connectivity index (χ0v) is 13.0. The second kappa shape index (κ2) is 4.70. The zero-order valence-electron chi connectivity index (χ0n) is 13.0. The first-order valence-electron chi connectivity index (χ1n) is 7.50. The van der Waals surface area contributed by atoms with Crippen molar-refractivity contribution in [3.8, 4) is 0 Å². The number of hydrogen-bond acceptors (Lipinski definition) is 2. The molecule has 0 aliphatic rings. The van der Waals surface area contributed by atoms with E-state index in [2.05, 4.69) is 69.4 Å². The lowest BCUT2D eigenvalue weighted by molar-refractivity contribution is 0.799. The lowest BCUT2D eigenvalue weighted by Gasteiger charge is -2.11. The number of pyridine rings is 1. The summed E-state index contributed by atoms with van der Waals surface area (Å²) in [5, 5.41) is 8.40. The number of rotatable bonds is 2. The fraction of sp³-hybridized carbons (Fsp3) is 0.222. The Morgan fingerprint density at radius 1 is 0.909 bits per heavy atom. The Balaban J connectivity index is 1.95. The van der Waals surface area contributed by atoms with Crippen LogP contribution in [-0.2, 0) is 6.54 Å². The SMILES string of the molecule is Cc1ccccc1Cn1c(C)cc2c1ccc1nnc(C)n12. The molecule has 0 saturated carbocycles. The maximum Gasteiger partial charge on any atom is 0.161 e. The molecule has 22 heavy (non-hydrogen) atoms. The van der Waals surface area contributed by atoms with Gasteiger partial charge in [0, 0.05) is 12.2 Å². The number of hydrogen-bond donors (Lipinski definition) is 0. The highest BCUT2D eigenvalue weighted by Gasteiger charge is 2.12. The van der Waals surface area contributed by atoms with E-state index in [-0.39, 0.29) is 0 Å². The lowest BCUT2D eigenvalue weighted by atomic mass is 10.1. The quantitative estimate of drug-likeness (QED) is 0.565. The smallest absolute Gasteiger partial charge is 0.161 e. The van der Waals surface area contributed by atoms with Crippen molar-refractivity contribution in [2.45, 2.75) is 27.3 Å². The van der Waals surface area contributed by atoms with Crippen molar-refractivity contribution in [2.75, 3.05) is 0 Å². The van der Waals surface area contributed by atoms with Crippen molar-refractivity contribution in [1.82, 2.24) is 19.2 Å². The Labute approximate surface area is 129 Å². The lowest BCUT2D eigenvalue weighted by Crippen LogP contribution is -2.03. The molecule has 0 aliphatic heterocycles. The van der Waals surface area contributed by atoms with E-state index in [1.165, 1.54) is 27.9 Å². The Morgan fingerprint density at radius 2 is 1.73 bits per heavy atom. The van der Waals surface area contributed by atoms with Crippen LogP contribution >= 0.6 is 0 Å². The molecule has 0 unspecified atom stereocenters. The third kappa shape index (κ3) is 1.84. The molecule has 4 nitrogen and oxygen atoms in total. The van der Waals surface area contributed by atoms with Gasteiger partial charge in [0.2, 0.25) is 0 Å². The third-order valence-electron chi connectivity index (χ3n) is 4.40. The molecular formula is C18H18N4. The molecule has 0 fully saturated rings. The summed E-state index contributed by atoms with van der Waals surface area (Å²) >= 11 is 0. The second-order valence-corrected chi connectivity index (χ2v) is 5.84. The minimum atomic E-state index is 0.884. The van der Waals surface area contributed by atoms with Gasteiger partial charge in [0.25, 0.3) is 0 Å². The average Bonchev–Trinajstić information content (AvgIpc) is 3.03. The van der Waals surface area contributed by atoms with Gasteiger partial charge in [-0.05, 0) is 50.1 Å². The number of nitrogens with zero attached hydrogens (tertiary/aromatic N) is 4. The Morgan fingerprint density at radius 3 is 2.55 bits per heavy atom. The molecule has 0 amide bonds.